The van der Waals surface area contributed by atoms with E-state index in [1.807, 2.05) is 0 Å². The molecule has 0 aromatic heterocycles. The lowest BCUT2D eigenvalue weighted by atomic mass is 9.87. The number of β-lactam (4-membered cyclic amide) rings is 1. The molecule has 1 aromatic rings. The molecule has 36 heavy (non-hydrogen) atoms. The fourth-order valence-electron chi connectivity index (χ4n) is 3.73. The molecule has 198 valence electrons. The molecular formula is C25H36N2O8Si. The first-order chi connectivity index (χ1) is 16.5. The molecule has 1 aliphatic rings. The van der Waals surface area contributed by atoms with E-state index in [1.54, 1.807) is 13.8 Å². The van der Waals surface area contributed by atoms with E-state index in [-0.39, 0.29) is 17.3 Å². The molecule has 11 heteroatoms. The lowest BCUT2D eigenvalue weighted by Gasteiger charge is -2.52. The molecule has 0 radical (unpaired) electrons. The van der Waals surface area contributed by atoms with Crippen LogP contribution in [-0.2, 0) is 34.9 Å². The molecule has 1 fully saturated rings. The number of rotatable bonds is 10. The maximum atomic E-state index is 13.3. The number of amides is 1. The molecule has 0 saturated carbocycles. The molecule has 1 aliphatic heterocycles. The van der Waals surface area contributed by atoms with Crippen LogP contribution in [0.25, 0.3) is 0 Å². The number of benzene rings is 1. The molecule has 1 saturated heterocycles. The number of carbonyl (C=O) groups excluding carboxylic acids is 3. The van der Waals surface area contributed by atoms with Crippen molar-refractivity contribution in [1.29, 1.82) is 0 Å². The molecule has 0 N–H and O–H groups in total. The fourth-order valence-corrected chi connectivity index (χ4v) is 5.16. The monoisotopic (exact) mass is 520 g/mol. The number of esters is 2. The Morgan fingerprint density at radius 1 is 1.19 bits per heavy atom. The summed E-state index contributed by atoms with van der Waals surface area (Å²) in [5.41, 5.74) is 0.793. The summed E-state index contributed by atoms with van der Waals surface area (Å²) < 4.78 is 17.3. The van der Waals surface area contributed by atoms with Gasteiger partial charge in [0.2, 0.25) is 5.91 Å². The summed E-state index contributed by atoms with van der Waals surface area (Å²) in [7, 11) is -2.23. The van der Waals surface area contributed by atoms with E-state index < -0.39 is 55.4 Å². The van der Waals surface area contributed by atoms with Crippen molar-refractivity contribution in [1.82, 2.24) is 4.90 Å². The molecule has 1 amide bonds. The van der Waals surface area contributed by atoms with Crippen molar-refractivity contribution in [2.45, 2.75) is 84.7 Å². The molecule has 1 unspecified atom stereocenters. The minimum absolute atomic E-state index is 0.0830. The number of nitro groups is 1. The van der Waals surface area contributed by atoms with Gasteiger partial charge >= 0.3 is 11.9 Å². The number of nitrogens with zero attached hydrogens (tertiary/aromatic N) is 2. The highest BCUT2D eigenvalue weighted by Crippen LogP contribution is 2.41. The van der Waals surface area contributed by atoms with Crippen molar-refractivity contribution in [2.75, 3.05) is 0 Å². The standard InChI is InChI=1S/C25H36N2O8Si/c1-15(2)21(24(30)33-14-18-10-12-19(13-11-18)27(31)32)26-22(29)20(23(26)34-17(4)28)16(3)35-36(8,9)25(5,6)7/h10-13,16,20-21,23H,1,14H2,2-9H3/t16-,20+,21-,23?/m1/s1. The predicted octanol–water partition coefficient (Wildman–Crippen LogP) is 4.34. The largest absolute Gasteiger partial charge is 0.459 e. The second-order valence-electron chi connectivity index (χ2n) is 10.6. The van der Waals surface area contributed by atoms with Crippen molar-refractivity contribution < 1.29 is 33.2 Å². The smallest absolute Gasteiger partial charge is 0.333 e. The maximum absolute atomic E-state index is 13.3. The minimum atomic E-state index is -2.23. The third-order valence-corrected chi connectivity index (χ3v) is 11.3. The van der Waals surface area contributed by atoms with Crippen LogP contribution in [0.3, 0.4) is 0 Å². The van der Waals surface area contributed by atoms with E-state index >= 15 is 0 Å². The van der Waals surface area contributed by atoms with Gasteiger partial charge in [0.25, 0.3) is 5.69 Å². The Bertz CT molecular complexity index is 1030. The van der Waals surface area contributed by atoms with Gasteiger partial charge < -0.3 is 13.9 Å². The molecule has 4 atom stereocenters. The molecule has 0 spiro atoms. The lowest BCUT2D eigenvalue weighted by Crippen LogP contribution is -2.70. The molecule has 1 heterocycles. The Morgan fingerprint density at radius 3 is 2.19 bits per heavy atom. The molecular weight excluding hydrogens is 484 g/mol. The highest BCUT2D eigenvalue weighted by atomic mass is 28.4. The second-order valence-corrected chi connectivity index (χ2v) is 15.4. The highest BCUT2D eigenvalue weighted by Gasteiger charge is 2.58. The van der Waals surface area contributed by atoms with Crippen molar-refractivity contribution in [2.24, 2.45) is 5.92 Å². The zero-order valence-corrected chi connectivity index (χ0v) is 23.2. The second kappa shape index (κ2) is 10.9. The number of carbonyl (C=O) groups is 3. The molecule has 0 aliphatic carbocycles. The van der Waals surface area contributed by atoms with Crippen LogP contribution < -0.4 is 0 Å². The van der Waals surface area contributed by atoms with Crippen molar-refractivity contribution in [3.05, 3.63) is 52.1 Å². The van der Waals surface area contributed by atoms with Crippen LogP contribution in [0.5, 0.6) is 0 Å². The van der Waals surface area contributed by atoms with Gasteiger partial charge in [0, 0.05) is 19.1 Å². The summed E-state index contributed by atoms with van der Waals surface area (Å²) in [6.45, 7) is 18.7. The zero-order valence-electron chi connectivity index (χ0n) is 22.2. The van der Waals surface area contributed by atoms with Gasteiger partial charge in [-0.1, -0.05) is 27.4 Å². The van der Waals surface area contributed by atoms with Gasteiger partial charge in [-0.3, -0.25) is 24.6 Å². The van der Waals surface area contributed by atoms with Gasteiger partial charge in [-0.25, -0.2) is 4.79 Å². The fraction of sp³-hybridized carbons (Fsp3) is 0.560. The number of ether oxygens (including phenoxy) is 2. The molecule has 1 aromatic carbocycles. The molecule has 0 bridgehead atoms. The van der Waals surface area contributed by atoms with Crippen LogP contribution in [0.2, 0.25) is 18.1 Å². The number of hydrogen-bond donors (Lipinski definition) is 0. The third-order valence-electron chi connectivity index (χ3n) is 6.70. The number of hydrogen-bond acceptors (Lipinski definition) is 8. The number of likely N-dealkylation sites (tertiary alicyclic amines) is 1. The van der Waals surface area contributed by atoms with E-state index in [4.69, 9.17) is 13.9 Å². The first-order valence-electron chi connectivity index (χ1n) is 11.7. The zero-order chi connectivity index (χ0) is 27.6. The van der Waals surface area contributed by atoms with Crippen LogP contribution in [0.15, 0.2) is 36.4 Å². The number of nitro benzene ring substituents is 1. The van der Waals surface area contributed by atoms with Crippen LogP contribution in [0, 0.1) is 16.0 Å². The van der Waals surface area contributed by atoms with Gasteiger partial charge in [-0.2, -0.15) is 0 Å². The Hall–Kier alpha value is -3.05. The average Bonchev–Trinajstić information content (AvgIpc) is 2.73. The van der Waals surface area contributed by atoms with Gasteiger partial charge in [-0.15, -0.1) is 0 Å². The summed E-state index contributed by atoms with van der Waals surface area (Å²) in [6.07, 6.45) is -1.55. The molecule has 10 nitrogen and oxygen atoms in total. The van der Waals surface area contributed by atoms with Gasteiger partial charge in [-0.05, 0) is 55.2 Å². The van der Waals surface area contributed by atoms with Gasteiger partial charge in [0.15, 0.2) is 20.6 Å². The van der Waals surface area contributed by atoms with Gasteiger partial charge in [0.1, 0.15) is 12.5 Å². The van der Waals surface area contributed by atoms with Crippen LogP contribution in [0.1, 0.15) is 47.1 Å². The van der Waals surface area contributed by atoms with E-state index in [2.05, 4.69) is 40.4 Å². The van der Waals surface area contributed by atoms with E-state index in [0.29, 0.717) is 11.1 Å². The van der Waals surface area contributed by atoms with E-state index in [9.17, 15) is 24.5 Å². The summed E-state index contributed by atoms with van der Waals surface area (Å²) >= 11 is 0. The minimum Gasteiger partial charge on any atom is -0.459 e. The normalized spacial score (nSPS) is 19.7. The Kier molecular flexibility index (Phi) is 8.85. The predicted molar refractivity (Wildman–Crippen MR) is 135 cm³/mol. The summed E-state index contributed by atoms with van der Waals surface area (Å²) in [5, 5.41) is 10.7. The van der Waals surface area contributed by atoms with Crippen molar-refractivity contribution >= 4 is 31.9 Å². The lowest BCUT2D eigenvalue weighted by molar-refractivity contribution is -0.384. The van der Waals surface area contributed by atoms with E-state index in [1.165, 1.54) is 36.1 Å². The Balaban J connectivity index is 2.22. The first-order valence-corrected chi connectivity index (χ1v) is 14.6. The topological polar surface area (TPSA) is 125 Å². The maximum Gasteiger partial charge on any atom is 0.333 e. The Labute approximate surface area is 212 Å². The van der Waals surface area contributed by atoms with E-state index in [0.717, 1.165) is 0 Å². The Morgan fingerprint density at radius 2 is 1.75 bits per heavy atom. The quantitative estimate of drug-likeness (QED) is 0.111. The van der Waals surface area contributed by atoms with Gasteiger partial charge in [0.05, 0.1) is 11.0 Å². The first kappa shape index (κ1) is 29.2. The van der Waals surface area contributed by atoms with Crippen molar-refractivity contribution in [3.63, 3.8) is 0 Å². The van der Waals surface area contributed by atoms with Crippen LogP contribution in [-0.4, -0.2) is 54.4 Å². The SMILES string of the molecule is C=C(C)[C@H](C(=O)OCc1ccc([N+](=O)[O-])cc1)N1C(=O)[C@H]([C@@H](C)O[Si](C)(C)C(C)(C)C)C1OC(C)=O. The number of non-ortho nitro benzene ring substituents is 1. The third kappa shape index (κ3) is 6.38. The van der Waals surface area contributed by atoms with Crippen LogP contribution in [0.4, 0.5) is 5.69 Å². The summed E-state index contributed by atoms with van der Waals surface area (Å²) in [4.78, 5) is 49.7. The average molecular weight is 521 g/mol. The summed E-state index contributed by atoms with van der Waals surface area (Å²) in [6, 6.07) is 4.41. The molecule has 2 rings (SSSR count). The summed E-state index contributed by atoms with van der Waals surface area (Å²) in [5.74, 6) is -2.51. The van der Waals surface area contributed by atoms with Crippen LogP contribution >= 0.6 is 0 Å². The highest BCUT2D eigenvalue weighted by molar-refractivity contribution is 6.74. The van der Waals surface area contributed by atoms with Crippen molar-refractivity contribution in [3.8, 4) is 0 Å².